The molecule has 0 aromatic heterocycles. The third-order valence-electron chi connectivity index (χ3n) is 5.44. The average Bonchev–Trinajstić information content (AvgIpc) is 2.42. The first-order valence-corrected chi connectivity index (χ1v) is 8.45. The third kappa shape index (κ3) is 2.32. The van der Waals surface area contributed by atoms with Gasteiger partial charge in [0.1, 0.15) is 0 Å². The minimum absolute atomic E-state index is 0.270. The molecular formula is C17H24N4S. The molecule has 0 spiro atoms. The molecule has 4 fully saturated rings. The van der Waals surface area contributed by atoms with Crippen LogP contribution in [-0.4, -0.2) is 53.8 Å². The molecule has 4 nitrogen and oxygen atoms in total. The van der Waals surface area contributed by atoms with Crippen LogP contribution in [0.2, 0.25) is 0 Å². The van der Waals surface area contributed by atoms with Crippen molar-refractivity contribution in [3.8, 4) is 0 Å². The summed E-state index contributed by atoms with van der Waals surface area (Å²) in [5.74, 6) is 0. The molecule has 0 atom stereocenters. The Hall–Kier alpha value is -1.17. The Balaban J connectivity index is 1.51. The van der Waals surface area contributed by atoms with Gasteiger partial charge in [0, 0.05) is 48.7 Å². The summed E-state index contributed by atoms with van der Waals surface area (Å²) in [5.41, 5.74) is 1.59. The maximum absolute atomic E-state index is 5.59. The molecule has 0 radical (unpaired) electrons. The minimum Gasteiger partial charge on any atom is -0.358 e. The Morgan fingerprint density at radius 2 is 1.59 bits per heavy atom. The number of hydrogen-bond donors (Lipinski definition) is 2. The second-order valence-electron chi connectivity index (χ2n) is 7.82. The van der Waals surface area contributed by atoms with Crippen LogP contribution < -0.4 is 10.6 Å². The normalized spacial score (nSPS) is 42.2. The molecule has 1 aromatic carbocycles. The van der Waals surface area contributed by atoms with Crippen molar-refractivity contribution >= 4 is 23.0 Å². The van der Waals surface area contributed by atoms with Gasteiger partial charge in [-0.05, 0) is 24.4 Å². The van der Waals surface area contributed by atoms with Crippen LogP contribution in [0.4, 0.5) is 5.69 Å². The van der Waals surface area contributed by atoms with Gasteiger partial charge >= 0.3 is 0 Å². The predicted octanol–water partition coefficient (Wildman–Crippen LogP) is 1.96. The highest BCUT2D eigenvalue weighted by Gasteiger charge is 2.59. The van der Waals surface area contributed by atoms with E-state index in [2.05, 4.69) is 34.3 Å². The summed E-state index contributed by atoms with van der Waals surface area (Å²) in [5, 5.41) is 7.73. The maximum atomic E-state index is 5.59. The number of nitrogens with one attached hydrogen (secondary N) is 2. The van der Waals surface area contributed by atoms with E-state index in [1.54, 1.807) is 0 Å². The molecule has 4 aliphatic rings. The summed E-state index contributed by atoms with van der Waals surface area (Å²) < 4.78 is 0. The molecule has 2 N–H and O–H groups in total. The summed E-state index contributed by atoms with van der Waals surface area (Å²) in [6, 6.07) is 10.6. The van der Waals surface area contributed by atoms with E-state index in [9.17, 15) is 0 Å². The van der Waals surface area contributed by atoms with Gasteiger partial charge in [-0.15, -0.1) is 0 Å². The third-order valence-corrected chi connectivity index (χ3v) is 5.66. The van der Waals surface area contributed by atoms with Crippen LogP contribution in [0.3, 0.4) is 0 Å². The molecule has 4 saturated heterocycles. The number of rotatable bonds is 2. The molecule has 118 valence electrons. The highest BCUT2D eigenvalue weighted by molar-refractivity contribution is 7.80. The van der Waals surface area contributed by atoms with Crippen molar-refractivity contribution in [1.82, 2.24) is 15.1 Å². The lowest BCUT2D eigenvalue weighted by Crippen LogP contribution is -2.79. The first-order valence-electron chi connectivity index (χ1n) is 8.04. The number of piperidine rings is 2. The fraction of sp³-hybridized carbons (Fsp3) is 0.588. The van der Waals surface area contributed by atoms with Crippen molar-refractivity contribution in [2.24, 2.45) is 10.8 Å². The molecule has 5 rings (SSSR count). The molecule has 22 heavy (non-hydrogen) atoms. The number of thiocarbonyl (C=S) groups is 1. The van der Waals surface area contributed by atoms with E-state index in [1.807, 2.05) is 30.3 Å². The second-order valence-corrected chi connectivity index (χ2v) is 8.23. The minimum atomic E-state index is 0.270. The molecule has 1 aromatic rings. The van der Waals surface area contributed by atoms with Gasteiger partial charge in [0.15, 0.2) is 5.11 Å². The first kappa shape index (κ1) is 14.4. The molecule has 4 aliphatic heterocycles. The van der Waals surface area contributed by atoms with Crippen molar-refractivity contribution in [1.29, 1.82) is 0 Å². The lowest BCUT2D eigenvalue weighted by atomic mass is 9.60. The van der Waals surface area contributed by atoms with Gasteiger partial charge in [0.05, 0.1) is 6.67 Å². The largest absolute Gasteiger partial charge is 0.358 e. The molecule has 0 aliphatic carbocycles. The summed E-state index contributed by atoms with van der Waals surface area (Å²) >= 11 is 5.59. The SMILES string of the molecule is CC12CN3CN(C1)CC(C)(C3)C2NC(=S)Nc1ccccc1. The lowest BCUT2D eigenvalue weighted by Gasteiger charge is -2.66. The quantitative estimate of drug-likeness (QED) is 0.815. The Labute approximate surface area is 137 Å². The van der Waals surface area contributed by atoms with Crippen molar-refractivity contribution in [3.63, 3.8) is 0 Å². The molecular weight excluding hydrogens is 292 g/mol. The number of para-hydroxylation sites is 1. The summed E-state index contributed by atoms with van der Waals surface area (Å²) in [6.45, 7) is 10.6. The van der Waals surface area contributed by atoms with Crippen LogP contribution in [0.5, 0.6) is 0 Å². The van der Waals surface area contributed by atoms with Crippen molar-refractivity contribution < 1.29 is 0 Å². The standard InChI is InChI=1S/C17H24N4S/c1-16-8-20-10-17(2,11-21(9-16)12-20)14(16)19-15(22)18-13-6-4-3-5-7-13/h3-7,14H,8-12H2,1-2H3,(H2,18,19,22). The van der Waals surface area contributed by atoms with Crippen LogP contribution in [0.25, 0.3) is 0 Å². The zero-order valence-electron chi connectivity index (χ0n) is 13.3. The number of anilines is 1. The van der Waals surface area contributed by atoms with Crippen molar-refractivity contribution in [3.05, 3.63) is 30.3 Å². The van der Waals surface area contributed by atoms with E-state index in [4.69, 9.17) is 12.2 Å². The van der Waals surface area contributed by atoms with E-state index in [0.717, 1.165) is 17.5 Å². The summed E-state index contributed by atoms with van der Waals surface area (Å²) in [7, 11) is 0. The van der Waals surface area contributed by atoms with Crippen LogP contribution in [0, 0.1) is 10.8 Å². The van der Waals surface area contributed by atoms with E-state index in [0.29, 0.717) is 6.04 Å². The Morgan fingerprint density at radius 3 is 2.14 bits per heavy atom. The van der Waals surface area contributed by atoms with Gasteiger partial charge < -0.3 is 10.6 Å². The number of benzene rings is 1. The Kier molecular flexibility index (Phi) is 3.22. The summed E-state index contributed by atoms with van der Waals surface area (Å²) in [6.07, 6.45) is 0. The zero-order chi connectivity index (χ0) is 15.4. The predicted molar refractivity (Wildman–Crippen MR) is 93.8 cm³/mol. The van der Waals surface area contributed by atoms with Crippen molar-refractivity contribution in [2.75, 3.05) is 38.2 Å². The molecule has 0 amide bonds. The van der Waals surface area contributed by atoms with Crippen molar-refractivity contribution in [2.45, 2.75) is 19.9 Å². The molecule has 0 unspecified atom stereocenters. The summed E-state index contributed by atoms with van der Waals surface area (Å²) in [4.78, 5) is 5.19. The van der Waals surface area contributed by atoms with Gasteiger partial charge in [-0.3, -0.25) is 9.80 Å². The van der Waals surface area contributed by atoms with Crippen LogP contribution >= 0.6 is 12.2 Å². The topological polar surface area (TPSA) is 30.5 Å². The van der Waals surface area contributed by atoms with Crippen LogP contribution in [0.1, 0.15) is 13.8 Å². The number of hydrogen-bond acceptors (Lipinski definition) is 3. The Bertz CT molecular complexity index is 552. The van der Waals surface area contributed by atoms with E-state index in [1.165, 1.54) is 26.2 Å². The smallest absolute Gasteiger partial charge is 0.171 e. The van der Waals surface area contributed by atoms with E-state index >= 15 is 0 Å². The Morgan fingerprint density at radius 1 is 1.05 bits per heavy atom. The molecule has 0 saturated carbocycles. The average molecular weight is 316 g/mol. The van der Waals surface area contributed by atoms with Crippen LogP contribution in [0.15, 0.2) is 30.3 Å². The van der Waals surface area contributed by atoms with Gasteiger partial charge in [-0.1, -0.05) is 32.0 Å². The number of nitrogens with zero attached hydrogens (tertiary/aromatic N) is 2. The second kappa shape index (κ2) is 4.91. The molecule has 4 bridgehead atoms. The highest BCUT2D eigenvalue weighted by atomic mass is 32.1. The van der Waals surface area contributed by atoms with Gasteiger partial charge in [-0.25, -0.2) is 0 Å². The molecule has 5 heteroatoms. The van der Waals surface area contributed by atoms with E-state index in [-0.39, 0.29) is 10.8 Å². The lowest BCUT2D eigenvalue weighted by molar-refractivity contribution is -0.171. The maximum Gasteiger partial charge on any atom is 0.171 e. The van der Waals surface area contributed by atoms with Gasteiger partial charge in [-0.2, -0.15) is 0 Å². The molecule has 4 heterocycles. The highest BCUT2D eigenvalue weighted by Crippen LogP contribution is 2.48. The first-order chi connectivity index (χ1) is 10.5. The van der Waals surface area contributed by atoms with Gasteiger partial charge in [0.2, 0.25) is 0 Å². The monoisotopic (exact) mass is 316 g/mol. The fourth-order valence-electron chi connectivity index (χ4n) is 5.11. The fourth-order valence-corrected chi connectivity index (χ4v) is 5.35. The van der Waals surface area contributed by atoms with Gasteiger partial charge in [0.25, 0.3) is 0 Å². The zero-order valence-corrected chi connectivity index (χ0v) is 14.1. The van der Waals surface area contributed by atoms with E-state index < -0.39 is 0 Å². The van der Waals surface area contributed by atoms with Crippen LogP contribution in [-0.2, 0) is 0 Å².